The second kappa shape index (κ2) is 7.92. The number of nitrogens with zero attached hydrogens (tertiary/aromatic N) is 1. The molecule has 21 heavy (non-hydrogen) atoms. The van der Waals surface area contributed by atoms with Crippen molar-refractivity contribution in [2.75, 3.05) is 20.7 Å². The lowest BCUT2D eigenvalue weighted by atomic mass is 9.84. The van der Waals surface area contributed by atoms with E-state index in [9.17, 15) is 0 Å². The molecule has 0 radical (unpaired) electrons. The standard InChI is InChI=1S/C18H30N2O/c1-14-6-4-5-7-17(14)20(2)18(12-19)16-10-8-15(9-11-16)13-21-3/h8-11,14,17-18H,4-7,12-13,19H2,1-3H3. The van der Waals surface area contributed by atoms with Crippen LogP contribution in [0.15, 0.2) is 24.3 Å². The SMILES string of the molecule is COCc1ccc(C(CN)N(C)C2CCCCC2C)cc1. The highest BCUT2D eigenvalue weighted by Gasteiger charge is 2.29. The maximum absolute atomic E-state index is 6.09. The van der Waals surface area contributed by atoms with Crippen molar-refractivity contribution in [1.29, 1.82) is 0 Å². The topological polar surface area (TPSA) is 38.5 Å². The number of ether oxygens (including phenoxy) is 1. The molecule has 1 aliphatic carbocycles. The van der Waals surface area contributed by atoms with E-state index in [1.807, 2.05) is 0 Å². The molecule has 118 valence electrons. The zero-order valence-corrected chi connectivity index (χ0v) is 13.7. The summed E-state index contributed by atoms with van der Waals surface area (Å²) < 4.78 is 5.18. The van der Waals surface area contributed by atoms with E-state index in [1.54, 1.807) is 7.11 Å². The van der Waals surface area contributed by atoms with Gasteiger partial charge < -0.3 is 10.5 Å². The first-order valence-corrected chi connectivity index (χ1v) is 8.17. The molecule has 0 heterocycles. The summed E-state index contributed by atoms with van der Waals surface area (Å²) in [5.41, 5.74) is 8.62. The Bertz CT molecular complexity index is 418. The number of hydrogen-bond donors (Lipinski definition) is 1. The Morgan fingerprint density at radius 3 is 2.48 bits per heavy atom. The lowest BCUT2D eigenvalue weighted by molar-refractivity contribution is 0.0992. The van der Waals surface area contributed by atoms with Crippen LogP contribution in [-0.2, 0) is 11.3 Å². The molecule has 2 rings (SSSR count). The smallest absolute Gasteiger partial charge is 0.0713 e. The van der Waals surface area contributed by atoms with Crippen molar-refractivity contribution in [2.24, 2.45) is 11.7 Å². The highest BCUT2D eigenvalue weighted by Crippen LogP contribution is 2.32. The molecule has 0 amide bonds. The second-order valence-corrected chi connectivity index (χ2v) is 6.42. The molecule has 0 bridgehead atoms. The molecule has 1 saturated carbocycles. The molecule has 1 fully saturated rings. The molecule has 0 aliphatic heterocycles. The third kappa shape index (κ3) is 4.06. The number of likely N-dealkylation sites (N-methyl/N-ethyl adjacent to an activating group) is 1. The Morgan fingerprint density at radius 2 is 1.90 bits per heavy atom. The fraction of sp³-hybridized carbons (Fsp3) is 0.667. The second-order valence-electron chi connectivity index (χ2n) is 6.42. The van der Waals surface area contributed by atoms with Crippen LogP contribution in [0.5, 0.6) is 0 Å². The molecule has 1 aliphatic rings. The first-order chi connectivity index (χ1) is 10.2. The highest BCUT2D eigenvalue weighted by atomic mass is 16.5. The minimum absolute atomic E-state index is 0.312. The summed E-state index contributed by atoms with van der Waals surface area (Å²) in [6.07, 6.45) is 5.38. The van der Waals surface area contributed by atoms with Crippen molar-refractivity contribution in [3.63, 3.8) is 0 Å². The largest absolute Gasteiger partial charge is 0.380 e. The summed E-state index contributed by atoms with van der Waals surface area (Å²) in [6, 6.07) is 9.68. The molecular formula is C18H30N2O. The first kappa shape index (κ1) is 16.5. The summed E-state index contributed by atoms with van der Waals surface area (Å²) in [5.74, 6) is 0.769. The van der Waals surface area contributed by atoms with Crippen molar-refractivity contribution in [2.45, 2.75) is 51.3 Å². The van der Waals surface area contributed by atoms with E-state index in [0.29, 0.717) is 25.2 Å². The first-order valence-electron chi connectivity index (χ1n) is 8.17. The van der Waals surface area contributed by atoms with Crippen LogP contribution in [-0.4, -0.2) is 31.6 Å². The van der Waals surface area contributed by atoms with Crippen LogP contribution >= 0.6 is 0 Å². The number of rotatable bonds is 6. The van der Waals surface area contributed by atoms with Gasteiger partial charge in [0.1, 0.15) is 0 Å². The number of hydrogen-bond acceptors (Lipinski definition) is 3. The number of benzene rings is 1. The number of nitrogens with two attached hydrogens (primary N) is 1. The lowest BCUT2D eigenvalue weighted by Crippen LogP contribution is -2.43. The Hall–Kier alpha value is -0.900. The van der Waals surface area contributed by atoms with Crippen LogP contribution < -0.4 is 5.73 Å². The van der Waals surface area contributed by atoms with E-state index in [-0.39, 0.29) is 0 Å². The summed E-state index contributed by atoms with van der Waals surface area (Å²) in [4.78, 5) is 2.51. The maximum Gasteiger partial charge on any atom is 0.0713 e. The van der Waals surface area contributed by atoms with Crippen LogP contribution in [0.2, 0.25) is 0 Å². The van der Waals surface area contributed by atoms with E-state index in [4.69, 9.17) is 10.5 Å². The number of methoxy groups -OCH3 is 1. The Kier molecular flexibility index (Phi) is 6.22. The molecule has 2 N–H and O–H groups in total. The summed E-state index contributed by atoms with van der Waals surface area (Å²) in [5, 5.41) is 0. The molecule has 3 heteroatoms. The van der Waals surface area contributed by atoms with Gasteiger partial charge in [0, 0.05) is 25.7 Å². The van der Waals surface area contributed by atoms with E-state index < -0.39 is 0 Å². The molecule has 3 atom stereocenters. The quantitative estimate of drug-likeness (QED) is 0.873. The average molecular weight is 290 g/mol. The van der Waals surface area contributed by atoms with Gasteiger partial charge in [-0.2, -0.15) is 0 Å². The molecule has 1 aromatic carbocycles. The van der Waals surface area contributed by atoms with Gasteiger partial charge in [-0.05, 0) is 36.9 Å². The third-order valence-electron chi connectivity index (χ3n) is 4.98. The van der Waals surface area contributed by atoms with Gasteiger partial charge in [-0.15, -0.1) is 0 Å². The fourth-order valence-electron chi connectivity index (χ4n) is 3.67. The van der Waals surface area contributed by atoms with E-state index in [0.717, 1.165) is 5.92 Å². The molecule has 3 nitrogen and oxygen atoms in total. The zero-order valence-electron chi connectivity index (χ0n) is 13.7. The maximum atomic E-state index is 6.09. The van der Waals surface area contributed by atoms with Crippen molar-refractivity contribution in [3.8, 4) is 0 Å². The average Bonchev–Trinajstić information content (AvgIpc) is 2.50. The molecule has 0 spiro atoms. The Balaban J connectivity index is 2.10. The van der Waals surface area contributed by atoms with Crippen LogP contribution in [0.25, 0.3) is 0 Å². The molecule has 3 unspecified atom stereocenters. The van der Waals surface area contributed by atoms with Crippen molar-refractivity contribution >= 4 is 0 Å². The van der Waals surface area contributed by atoms with Gasteiger partial charge in [0.05, 0.1) is 6.61 Å². The molecule has 0 saturated heterocycles. The molecular weight excluding hydrogens is 260 g/mol. The molecule has 1 aromatic rings. The van der Waals surface area contributed by atoms with Crippen molar-refractivity contribution in [3.05, 3.63) is 35.4 Å². The van der Waals surface area contributed by atoms with Crippen molar-refractivity contribution in [1.82, 2.24) is 4.90 Å². The minimum atomic E-state index is 0.312. The van der Waals surface area contributed by atoms with Gasteiger partial charge >= 0.3 is 0 Å². The predicted molar refractivity (Wildman–Crippen MR) is 88.1 cm³/mol. The Morgan fingerprint density at radius 1 is 1.24 bits per heavy atom. The fourth-order valence-corrected chi connectivity index (χ4v) is 3.67. The third-order valence-corrected chi connectivity index (χ3v) is 4.98. The summed E-state index contributed by atoms with van der Waals surface area (Å²) in [6.45, 7) is 3.72. The summed E-state index contributed by atoms with van der Waals surface area (Å²) in [7, 11) is 3.97. The normalized spacial score (nSPS) is 24.2. The van der Waals surface area contributed by atoms with Gasteiger partial charge in [0.25, 0.3) is 0 Å². The van der Waals surface area contributed by atoms with Gasteiger partial charge in [0.2, 0.25) is 0 Å². The highest BCUT2D eigenvalue weighted by molar-refractivity contribution is 5.25. The van der Waals surface area contributed by atoms with E-state index in [1.165, 1.54) is 36.8 Å². The summed E-state index contributed by atoms with van der Waals surface area (Å²) >= 11 is 0. The molecule has 0 aromatic heterocycles. The van der Waals surface area contributed by atoms with Crippen LogP contribution in [0.4, 0.5) is 0 Å². The monoisotopic (exact) mass is 290 g/mol. The predicted octanol–water partition coefficient (Wildman–Crippen LogP) is 3.34. The van der Waals surface area contributed by atoms with E-state index in [2.05, 4.69) is 43.1 Å². The van der Waals surface area contributed by atoms with Gasteiger partial charge in [0.15, 0.2) is 0 Å². The van der Waals surface area contributed by atoms with Gasteiger partial charge in [-0.1, -0.05) is 44.0 Å². The lowest BCUT2D eigenvalue weighted by Gasteiger charge is -2.40. The van der Waals surface area contributed by atoms with Crippen LogP contribution in [0, 0.1) is 5.92 Å². The minimum Gasteiger partial charge on any atom is -0.380 e. The van der Waals surface area contributed by atoms with Crippen LogP contribution in [0.3, 0.4) is 0 Å². The van der Waals surface area contributed by atoms with Gasteiger partial charge in [-0.25, -0.2) is 0 Å². The van der Waals surface area contributed by atoms with Crippen molar-refractivity contribution < 1.29 is 4.74 Å². The van der Waals surface area contributed by atoms with E-state index >= 15 is 0 Å². The zero-order chi connectivity index (χ0) is 15.2. The Labute approximate surface area is 129 Å². The van der Waals surface area contributed by atoms with Crippen LogP contribution in [0.1, 0.15) is 49.8 Å². The van der Waals surface area contributed by atoms with Gasteiger partial charge in [-0.3, -0.25) is 4.90 Å².